The molecule has 1 aromatic heterocycles. The van der Waals surface area contributed by atoms with E-state index in [0.717, 1.165) is 5.56 Å². The van der Waals surface area contributed by atoms with Crippen molar-refractivity contribution >= 4 is 45.7 Å². The van der Waals surface area contributed by atoms with Gasteiger partial charge < -0.3 is 10.6 Å². The summed E-state index contributed by atoms with van der Waals surface area (Å²) in [6.07, 6.45) is 0.913. The fraction of sp³-hybridized carbons (Fsp3) is 0.400. The normalized spacial score (nSPS) is 20.8. The van der Waals surface area contributed by atoms with Gasteiger partial charge in [0.25, 0.3) is 0 Å². The lowest BCUT2D eigenvalue weighted by Gasteiger charge is -2.31. The second-order valence-electron chi connectivity index (χ2n) is 3.66. The Morgan fingerprint density at radius 2 is 2.50 bits per heavy atom. The van der Waals surface area contributed by atoms with Crippen LogP contribution in [0, 0.1) is 0 Å². The van der Waals surface area contributed by atoms with E-state index in [1.165, 1.54) is 0 Å². The number of alkyl halides is 1. The van der Waals surface area contributed by atoms with E-state index in [1.54, 1.807) is 11.3 Å². The molecular formula is C10H11IN2O2S. The molecule has 16 heavy (non-hydrogen) atoms. The lowest BCUT2D eigenvalue weighted by atomic mass is 10.1. The van der Waals surface area contributed by atoms with Gasteiger partial charge in [0, 0.05) is 6.42 Å². The quantitative estimate of drug-likeness (QED) is 0.369. The Labute approximate surface area is 111 Å². The van der Waals surface area contributed by atoms with Crippen LogP contribution in [0.1, 0.15) is 12.0 Å². The fourth-order valence-electron chi connectivity index (χ4n) is 1.45. The van der Waals surface area contributed by atoms with Gasteiger partial charge >= 0.3 is 0 Å². The van der Waals surface area contributed by atoms with E-state index in [2.05, 4.69) is 33.2 Å². The van der Waals surface area contributed by atoms with E-state index < -0.39 is 0 Å². The number of hydrogen-bond donors (Lipinski definition) is 2. The fourth-order valence-corrected chi connectivity index (χ4v) is 2.90. The van der Waals surface area contributed by atoms with Gasteiger partial charge in [0.2, 0.25) is 11.8 Å². The highest BCUT2D eigenvalue weighted by Gasteiger charge is 2.31. The van der Waals surface area contributed by atoms with Crippen LogP contribution in [0.5, 0.6) is 0 Å². The zero-order valence-corrected chi connectivity index (χ0v) is 11.4. The van der Waals surface area contributed by atoms with Crippen LogP contribution < -0.4 is 10.6 Å². The van der Waals surface area contributed by atoms with Gasteiger partial charge in [-0.05, 0) is 22.4 Å². The van der Waals surface area contributed by atoms with Gasteiger partial charge in [0.15, 0.2) is 0 Å². The number of carbonyl (C=O) groups is 2. The summed E-state index contributed by atoms with van der Waals surface area (Å²) in [4.78, 5) is 22.4. The molecule has 1 aromatic rings. The van der Waals surface area contributed by atoms with Crippen molar-refractivity contribution in [3.8, 4) is 0 Å². The molecule has 1 saturated heterocycles. The van der Waals surface area contributed by atoms with Crippen LogP contribution in [-0.2, 0) is 16.0 Å². The van der Waals surface area contributed by atoms with Crippen molar-refractivity contribution in [2.24, 2.45) is 0 Å². The van der Waals surface area contributed by atoms with E-state index in [4.69, 9.17) is 0 Å². The van der Waals surface area contributed by atoms with Crippen molar-refractivity contribution in [3.63, 3.8) is 0 Å². The number of rotatable bonds is 4. The van der Waals surface area contributed by atoms with Gasteiger partial charge in [-0.2, -0.15) is 11.3 Å². The van der Waals surface area contributed by atoms with Crippen LogP contribution >= 0.6 is 33.9 Å². The molecule has 1 fully saturated rings. The number of carbonyl (C=O) groups excluding carboxylic acids is 2. The monoisotopic (exact) mass is 350 g/mol. The van der Waals surface area contributed by atoms with Crippen molar-refractivity contribution in [3.05, 3.63) is 22.4 Å². The number of hydrogen-bond acceptors (Lipinski definition) is 3. The standard InChI is InChI=1S/C10H11IN2O2S/c11-10(7-4-9(15)12-7)13-8(14)3-6-1-2-16-5-6/h1-2,5,7,10H,3-4H2,(H,12,15)(H,13,14). The van der Waals surface area contributed by atoms with Crippen LogP contribution in [0.15, 0.2) is 16.8 Å². The lowest BCUT2D eigenvalue weighted by Crippen LogP contribution is -2.58. The van der Waals surface area contributed by atoms with Crippen LogP contribution in [0.2, 0.25) is 0 Å². The summed E-state index contributed by atoms with van der Waals surface area (Å²) in [7, 11) is 0. The summed E-state index contributed by atoms with van der Waals surface area (Å²) < 4.78 is -0.0264. The summed E-state index contributed by atoms with van der Waals surface area (Å²) in [6, 6.07) is 2.02. The minimum atomic E-state index is -0.0264. The van der Waals surface area contributed by atoms with Gasteiger partial charge in [0.1, 0.15) is 4.05 Å². The van der Waals surface area contributed by atoms with Gasteiger partial charge in [-0.1, -0.05) is 22.6 Å². The first kappa shape index (κ1) is 11.8. The average Bonchev–Trinajstić information content (AvgIpc) is 2.65. The third-order valence-corrected chi connectivity index (χ3v) is 4.26. The SMILES string of the molecule is O=C(Cc1ccsc1)NC(I)C1CC(=O)N1. The molecule has 2 unspecified atom stereocenters. The molecule has 0 bridgehead atoms. The second-order valence-corrected chi connectivity index (χ2v) is 5.78. The first-order valence-corrected chi connectivity index (χ1v) is 7.08. The summed E-state index contributed by atoms with van der Waals surface area (Å²) >= 11 is 3.73. The molecule has 2 amide bonds. The summed E-state index contributed by atoms with van der Waals surface area (Å²) in [6.45, 7) is 0. The van der Waals surface area contributed by atoms with Crippen molar-refractivity contribution < 1.29 is 9.59 Å². The Morgan fingerprint density at radius 3 is 3.06 bits per heavy atom. The highest BCUT2D eigenvalue weighted by molar-refractivity contribution is 14.1. The maximum absolute atomic E-state index is 11.6. The zero-order valence-electron chi connectivity index (χ0n) is 8.40. The molecule has 4 nitrogen and oxygen atoms in total. The predicted molar refractivity (Wildman–Crippen MR) is 70.5 cm³/mol. The molecule has 0 radical (unpaired) electrons. The van der Waals surface area contributed by atoms with Gasteiger partial charge in [0.05, 0.1) is 12.5 Å². The second kappa shape index (κ2) is 5.13. The van der Waals surface area contributed by atoms with Crippen LogP contribution in [0.4, 0.5) is 0 Å². The van der Waals surface area contributed by atoms with E-state index in [0.29, 0.717) is 12.8 Å². The minimum Gasteiger partial charge on any atom is -0.350 e. The maximum Gasteiger partial charge on any atom is 0.225 e. The number of amides is 2. The highest BCUT2D eigenvalue weighted by atomic mass is 127. The summed E-state index contributed by atoms with van der Waals surface area (Å²) in [5.74, 6) is 0.0534. The van der Waals surface area contributed by atoms with Gasteiger partial charge in [-0.3, -0.25) is 9.59 Å². The van der Waals surface area contributed by atoms with Crippen LogP contribution in [0.25, 0.3) is 0 Å². The largest absolute Gasteiger partial charge is 0.350 e. The number of nitrogens with one attached hydrogen (secondary N) is 2. The first-order chi connectivity index (χ1) is 7.65. The molecule has 0 aliphatic carbocycles. The Bertz CT molecular complexity index is 386. The molecule has 2 heterocycles. The molecule has 86 valence electrons. The lowest BCUT2D eigenvalue weighted by molar-refractivity contribution is -0.129. The van der Waals surface area contributed by atoms with E-state index in [9.17, 15) is 9.59 Å². The van der Waals surface area contributed by atoms with Crippen molar-refractivity contribution in [2.45, 2.75) is 22.9 Å². The number of thiophene rings is 1. The molecule has 0 aromatic carbocycles. The third-order valence-electron chi connectivity index (χ3n) is 2.35. The Hall–Kier alpha value is -0.630. The molecule has 6 heteroatoms. The Balaban J connectivity index is 1.76. The number of halogens is 1. The maximum atomic E-state index is 11.6. The predicted octanol–water partition coefficient (Wildman–Crippen LogP) is 1.06. The van der Waals surface area contributed by atoms with Crippen molar-refractivity contribution in [1.29, 1.82) is 0 Å². The smallest absolute Gasteiger partial charge is 0.225 e. The van der Waals surface area contributed by atoms with E-state index in [1.807, 2.05) is 16.8 Å². The van der Waals surface area contributed by atoms with Gasteiger partial charge in [-0.15, -0.1) is 0 Å². The van der Waals surface area contributed by atoms with E-state index in [-0.39, 0.29) is 21.9 Å². The molecule has 0 spiro atoms. The summed E-state index contributed by atoms with van der Waals surface area (Å²) in [5.41, 5.74) is 1.03. The molecule has 2 N–H and O–H groups in total. The van der Waals surface area contributed by atoms with Crippen LogP contribution in [0.3, 0.4) is 0 Å². The molecular weight excluding hydrogens is 339 g/mol. The number of β-lactam (4-membered cyclic amide) rings is 1. The topological polar surface area (TPSA) is 58.2 Å². The Kier molecular flexibility index (Phi) is 3.80. The highest BCUT2D eigenvalue weighted by Crippen LogP contribution is 2.14. The third kappa shape index (κ3) is 2.94. The van der Waals surface area contributed by atoms with Crippen LogP contribution in [-0.4, -0.2) is 21.9 Å². The molecule has 2 atom stereocenters. The molecule has 1 aliphatic rings. The molecule has 1 aliphatic heterocycles. The average molecular weight is 350 g/mol. The Morgan fingerprint density at radius 1 is 1.75 bits per heavy atom. The molecule has 0 saturated carbocycles. The first-order valence-electron chi connectivity index (χ1n) is 4.89. The zero-order chi connectivity index (χ0) is 11.5. The van der Waals surface area contributed by atoms with Crippen molar-refractivity contribution in [1.82, 2.24) is 10.6 Å². The van der Waals surface area contributed by atoms with E-state index >= 15 is 0 Å². The minimum absolute atomic E-state index is 0.000973. The summed E-state index contributed by atoms with van der Waals surface area (Å²) in [5, 5.41) is 9.55. The molecule has 2 rings (SSSR count). The van der Waals surface area contributed by atoms with Gasteiger partial charge in [-0.25, -0.2) is 0 Å². The van der Waals surface area contributed by atoms with Crippen molar-refractivity contribution in [2.75, 3.05) is 0 Å².